The molecule has 0 atom stereocenters. The van der Waals surface area contributed by atoms with Gasteiger partial charge in [0.1, 0.15) is 11.5 Å². The summed E-state index contributed by atoms with van der Waals surface area (Å²) in [6.07, 6.45) is 1.78. The molecular weight excluding hydrogens is 234 g/mol. The van der Waals surface area contributed by atoms with Crippen molar-refractivity contribution in [2.75, 3.05) is 5.73 Å². The van der Waals surface area contributed by atoms with Crippen LogP contribution in [0.1, 0.15) is 25.5 Å². The van der Waals surface area contributed by atoms with Crippen molar-refractivity contribution in [3.8, 4) is 11.3 Å². The van der Waals surface area contributed by atoms with Crippen molar-refractivity contribution in [2.24, 2.45) is 0 Å². The Labute approximate surface area is 106 Å². The number of hydrogen-bond donors (Lipinski definition) is 1. The molecule has 1 aromatic carbocycles. The zero-order valence-corrected chi connectivity index (χ0v) is 11.0. The van der Waals surface area contributed by atoms with Gasteiger partial charge in [0.25, 0.3) is 0 Å². The number of nitrogens with zero attached hydrogens (tertiary/aromatic N) is 2. The van der Waals surface area contributed by atoms with Crippen LogP contribution in [0.25, 0.3) is 11.3 Å². The van der Waals surface area contributed by atoms with Gasteiger partial charge in [0.05, 0.1) is 6.33 Å². The lowest BCUT2D eigenvalue weighted by Crippen LogP contribution is -2.04. The molecule has 1 heterocycles. The van der Waals surface area contributed by atoms with Crippen molar-refractivity contribution in [2.45, 2.75) is 26.8 Å². The van der Waals surface area contributed by atoms with E-state index in [4.69, 9.17) is 17.3 Å². The minimum atomic E-state index is 0.309. The molecule has 0 aliphatic heterocycles. The molecule has 0 saturated carbocycles. The summed E-state index contributed by atoms with van der Waals surface area (Å²) in [4.78, 5) is 4.39. The molecule has 1 aromatic heterocycles. The third-order valence-corrected chi connectivity index (χ3v) is 3.07. The number of aryl methyl sites for hydroxylation is 1. The molecule has 4 heteroatoms. The highest BCUT2D eigenvalue weighted by Crippen LogP contribution is 2.30. The molecule has 0 aliphatic carbocycles. The Morgan fingerprint density at radius 2 is 2.06 bits per heavy atom. The van der Waals surface area contributed by atoms with Crippen LogP contribution in [-0.4, -0.2) is 9.55 Å². The third-order valence-electron chi connectivity index (χ3n) is 2.83. The van der Waals surface area contributed by atoms with Gasteiger partial charge in [-0.25, -0.2) is 4.98 Å². The van der Waals surface area contributed by atoms with Crippen LogP contribution in [0, 0.1) is 6.92 Å². The summed E-state index contributed by atoms with van der Waals surface area (Å²) in [7, 11) is 0. The Bertz CT molecular complexity index is 544. The van der Waals surface area contributed by atoms with Crippen molar-refractivity contribution in [1.29, 1.82) is 0 Å². The standard InChI is InChI=1S/C13H16ClN3/c1-8(2)17-7-16-12(13(17)15)11-5-4-10(14)6-9(11)3/h4-8H,15H2,1-3H3. The normalized spacial score (nSPS) is 11.1. The first-order chi connectivity index (χ1) is 8.00. The molecule has 90 valence electrons. The number of halogens is 1. The summed E-state index contributed by atoms with van der Waals surface area (Å²) in [5.74, 6) is 0.699. The first-order valence-corrected chi connectivity index (χ1v) is 5.97. The summed E-state index contributed by atoms with van der Waals surface area (Å²) in [5.41, 5.74) is 9.05. The van der Waals surface area contributed by atoms with Crippen molar-refractivity contribution in [3.05, 3.63) is 35.1 Å². The molecule has 0 amide bonds. The van der Waals surface area contributed by atoms with E-state index in [1.54, 1.807) is 6.33 Å². The minimum absolute atomic E-state index is 0.309. The molecule has 0 unspecified atom stereocenters. The monoisotopic (exact) mass is 249 g/mol. The van der Waals surface area contributed by atoms with Crippen LogP contribution in [0.4, 0.5) is 5.82 Å². The number of hydrogen-bond acceptors (Lipinski definition) is 2. The van der Waals surface area contributed by atoms with Crippen molar-refractivity contribution in [1.82, 2.24) is 9.55 Å². The van der Waals surface area contributed by atoms with E-state index < -0.39 is 0 Å². The zero-order chi connectivity index (χ0) is 12.6. The fourth-order valence-electron chi connectivity index (χ4n) is 1.88. The van der Waals surface area contributed by atoms with Crippen LogP contribution in [0.2, 0.25) is 5.02 Å². The molecule has 0 spiro atoms. The maximum Gasteiger partial charge on any atom is 0.131 e. The molecular formula is C13H16ClN3. The number of benzene rings is 1. The second kappa shape index (κ2) is 4.41. The van der Waals surface area contributed by atoms with Crippen LogP contribution in [-0.2, 0) is 0 Å². The lowest BCUT2D eigenvalue weighted by molar-refractivity contribution is 0.607. The molecule has 2 N–H and O–H groups in total. The van der Waals surface area contributed by atoms with Crippen LogP contribution < -0.4 is 5.73 Å². The first kappa shape index (κ1) is 12.0. The van der Waals surface area contributed by atoms with E-state index >= 15 is 0 Å². The average molecular weight is 250 g/mol. The molecule has 0 radical (unpaired) electrons. The van der Waals surface area contributed by atoms with Gasteiger partial charge >= 0.3 is 0 Å². The van der Waals surface area contributed by atoms with E-state index in [-0.39, 0.29) is 0 Å². The number of imidazole rings is 1. The highest BCUT2D eigenvalue weighted by molar-refractivity contribution is 6.30. The Hall–Kier alpha value is -1.48. The minimum Gasteiger partial charge on any atom is -0.383 e. The van der Waals surface area contributed by atoms with Crippen LogP contribution in [0.3, 0.4) is 0 Å². The first-order valence-electron chi connectivity index (χ1n) is 5.59. The maximum absolute atomic E-state index is 6.11. The number of anilines is 1. The van der Waals surface area contributed by atoms with Gasteiger partial charge in [-0.3, -0.25) is 0 Å². The van der Waals surface area contributed by atoms with Gasteiger partial charge in [-0.1, -0.05) is 17.7 Å². The molecule has 17 heavy (non-hydrogen) atoms. The van der Waals surface area contributed by atoms with Gasteiger partial charge < -0.3 is 10.3 Å². The zero-order valence-electron chi connectivity index (χ0n) is 10.2. The largest absolute Gasteiger partial charge is 0.383 e. The maximum atomic E-state index is 6.11. The van der Waals surface area contributed by atoms with Crippen LogP contribution >= 0.6 is 11.6 Å². The van der Waals surface area contributed by atoms with Crippen LogP contribution in [0.5, 0.6) is 0 Å². The Morgan fingerprint density at radius 1 is 1.35 bits per heavy atom. The van der Waals surface area contributed by atoms with Crippen molar-refractivity contribution < 1.29 is 0 Å². The van der Waals surface area contributed by atoms with Gasteiger partial charge in [-0.2, -0.15) is 0 Å². The highest BCUT2D eigenvalue weighted by Gasteiger charge is 2.13. The molecule has 0 aliphatic rings. The summed E-state index contributed by atoms with van der Waals surface area (Å²) < 4.78 is 1.96. The predicted octanol–water partition coefficient (Wildman–Crippen LogP) is 3.68. The van der Waals surface area contributed by atoms with E-state index in [2.05, 4.69) is 18.8 Å². The van der Waals surface area contributed by atoms with Crippen molar-refractivity contribution in [3.63, 3.8) is 0 Å². The van der Waals surface area contributed by atoms with E-state index in [1.807, 2.05) is 29.7 Å². The SMILES string of the molecule is Cc1cc(Cl)ccc1-c1ncn(C(C)C)c1N. The predicted molar refractivity (Wildman–Crippen MR) is 72.2 cm³/mol. The average Bonchev–Trinajstić information content (AvgIpc) is 2.60. The summed E-state index contributed by atoms with van der Waals surface area (Å²) in [5, 5.41) is 0.730. The Balaban J connectivity index is 2.54. The van der Waals surface area contributed by atoms with E-state index in [0.717, 1.165) is 21.8 Å². The van der Waals surface area contributed by atoms with Gasteiger partial charge in [-0.05, 0) is 38.5 Å². The topological polar surface area (TPSA) is 43.8 Å². The van der Waals surface area contributed by atoms with Crippen LogP contribution in [0.15, 0.2) is 24.5 Å². The molecule has 0 fully saturated rings. The fourth-order valence-corrected chi connectivity index (χ4v) is 2.11. The van der Waals surface area contributed by atoms with Gasteiger partial charge in [0, 0.05) is 16.6 Å². The summed E-state index contributed by atoms with van der Waals surface area (Å²) in [6, 6.07) is 6.05. The molecule has 0 bridgehead atoms. The molecule has 2 aromatic rings. The van der Waals surface area contributed by atoms with Gasteiger partial charge in [-0.15, -0.1) is 0 Å². The summed E-state index contributed by atoms with van der Waals surface area (Å²) >= 11 is 5.94. The highest BCUT2D eigenvalue weighted by atomic mass is 35.5. The van der Waals surface area contributed by atoms with E-state index in [0.29, 0.717) is 11.9 Å². The quantitative estimate of drug-likeness (QED) is 0.883. The van der Waals surface area contributed by atoms with E-state index in [9.17, 15) is 0 Å². The third kappa shape index (κ3) is 2.15. The number of aromatic nitrogens is 2. The number of nitrogens with two attached hydrogens (primary N) is 1. The Kier molecular flexibility index (Phi) is 3.11. The fraction of sp³-hybridized carbons (Fsp3) is 0.308. The molecule has 0 saturated heterocycles. The number of rotatable bonds is 2. The second-order valence-corrected chi connectivity index (χ2v) is 4.88. The smallest absolute Gasteiger partial charge is 0.131 e. The second-order valence-electron chi connectivity index (χ2n) is 4.44. The lowest BCUT2D eigenvalue weighted by atomic mass is 10.1. The van der Waals surface area contributed by atoms with Gasteiger partial charge in [0.15, 0.2) is 0 Å². The Morgan fingerprint density at radius 3 is 2.59 bits per heavy atom. The van der Waals surface area contributed by atoms with Gasteiger partial charge in [0.2, 0.25) is 0 Å². The molecule has 3 nitrogen and oxygen atoms in total. The summed E-state index contributed by atoms with van der Waals surface area (Å²) in [6.45, 7) is 6.17. The number of nitrogen functional groups attached to an aromatic ring is 1. The lowest BCUT2D eigenvalue weighted by Gasteiger charge is -2.10. The van der Waals surface area contributed by atoms with Crippen molar-refractivity contribution >= 4 is 17.4 Å². The molecule has 2 rings (SSSR count). The van der Waals surface area contributed by atoms with E-state index in [1.165, 1.54) is 0 Å².